The molecule has 0 aromatic carbocycles. The highest BCUT2D eigenvalue weighted by Gasteiger charge is 2.00. The molecule has 0 aliphatic heterocycles. The molecule has 0 aliphatic rings. The first-order chi connectivity index (χ1) is 8.43. The predicted octanol–water partition coefficient (Wildman–Crippen LogP) is 4.82. The molecule has 4 nitrogen and oxygen atoms in total. The summed E-state index contributed by atoms with van der Waals surface area (Å²) in [5.74, 6) is -1.19. The summed E-state index contributed by atoms with van der Waals surface area (Å²) in [6.45, 7) is 10.9. The van der Waals surface area contributed by atoms with Crippen molar-refractivity contribution in [3.8, 4) is 0 Å². The zero-order chi connectivity index (χ0) is 15.0. The Labute approximate surface area is 119 Å². The van der Waals surface area contributed by atoms with Gasteiger partial charge >= 0.3 is 11.9 Å². The Morgan fingerprint density at radius 2 is 1.16 bits per heavy atom. The van der Waals surface area contributed by atoms with E-state index >= 15 is 0 Å². The number of carboxylic acids is 2. The zero-order valence-corrected chi connectivity index (χ0v) is 12.5. The van der Waals surface area contributed by atoms with Gasteiger partial charge < -0.3 is 10.2 Å². The number of carbonyl (C=O) groups is 2. The maximum atomic E-state index is 9.64. The van der Waals surface area contributed by atoms with Crippen LogP contribution in [0.1, 0.15) is 80.6 Å². The number of hydrogen-bond donors (Lipinski definition) is 2. The van der Waals surface area contributed by atoms with Crippen molar-refractivity contribution in [1.82, 2.24) is 0 Å². The molecule has 0 bridgehead atoms. The minimum Gasteiger partial charge on any atom is -0.481 e. The highest BCUT2D eigenvalue weighted by molar-refractivity contribution is 5.75. The fraction of sp³-hybridized carbons (Fsp3) is 0.867. The molecule has 0 aromatic heterocycles. The first-order valence-electron chi connectivity index (χ1n) is 6.87. The van der Waals surface area contributed by atoms with Gasteiger partial charge in [-0.3, -0.25) is 9.59 Å². The third kappa shape index (κ3) is 38.3. The second-order valence-corrected chi connectivity index (χ2v) is 3.97. The van der Waals surface area contributed by atoms with Crippen molar-refractivity contribution >= 4 is 11.9 Å². The molecule has 2 N–H and O–H groups in total. The van der Waals surface area contributed by atoms with Crippen molar-refractivity contribution in [1.29, 1.82) is 0 Å². The third-order valence-corrected chi connectivity index (χ3v) is 2.12. The van der Waals surface area contributed by atoms with Crippen LogP contribution in [0, 0.1) is 5.92 Å². The third-order valence-electron chi connectivity index (χ3n) is 2.12. The number of carboxylic acid groups (broad SMARTS) is 2. The van der Waals surface area contributed by atoms with Gasteiger partial charge in [0.2, 0.25) is 0 Å². The Morgan fingerprint density at radius 1 is 0.895 bits per heavy atom. The van der Waals surface area contributed by atoms with Gasteiger partial charge in [-0.1, -0.05) is 67.7 Å². The molecule has 19 heavy (non-hydrogen) atoms. The Kier molecular flexibility index (Phi) is 30.9. The maximum Gasteiger partial charge on any atom is 0.303 e. The lowest BCUT2D eigenvalue weighted by atomic mass is 10.0. The molecular formula is C15H34O4. The SMILES string of the molecule is C.CC.CCCC(C)CCC.O=C(O)CCC(=O)O. The number of hydrogen-bond acceptors (Lipinski definition) is 2. The number of rotatable bonds is 7. The van der Waals surface area contributed by atoms with Gasteiger partial charge in [-0.2, -0.15) is 0 Å². The topological polar surface area (TPSA) is 74.6 Å². The van der Waals surface area contributed by atoms with Crippen LogP contribution >= 0.6 is 0 Å². The summed E-state index contributed by atoms with van der Waals surface area (Å²) in [6.07, 6.45) is 4.93. The Bertz CT molecular complexity index is 171. The van der Waals surface area contributed by atoms with E-state index in [1.54, 1.807) is 0 Å². The van der Waals surface area contributed by atoms with Crippen molar-refractivity contribution in [2.75, 3.05) is 0 Å². The van der Waals surface area contributed by atoms with Crippen LogP contribution in [0.15, 0.2) is 0 Å². The highest BCUT2D eigenvalue weighted by Crippen LogP contribution is 2.10. The summed E-state index contributed by atoms with van der Waals surface area (Å²) in [6, 6.07) is 0. The molecule has 0 atom stereocenters. The first kappa shape index (κ1) is 26.5. The van der Waals surface area contributed by atoms with Gasteiger partial charge in [0, 0.05) is 0 Å². The van der Waals surface area contributed by atoms with Crippen LogP contribution in [0.5, 0.6) is 0 Å². The minimum atomic E-state index is -1.08. The molecule has 0 rings (SSSR count). The zero-order valence-electron chi connectivity index (χ0n) is 12.5. The normalized spacial score (nSPS) is 8.32. The molecule has 0 spiro atoms. The van der Waals surface area contributed by atoms with Crippen LogP contribution in [0.4, 0.5) is 0 Å². The summed E-state index contributed by atoms with van der Waals surface area (Å²) in [7, 11) is 0. The lowest BCUT2D eigenvalue weighted by Gasteiger charge is -2.05. The lowest BCUT2D eigenvalue weighted by Crippen LogP contribution is -2.00. The average Bonchev–Trinajstić information content (AvgIpc) is 2.30. The molecule has 0 amide bonds. The number of aliphatic carboxylic acids is 2. The van der Waals surface area contributed by atoms with Gasteiger partial charge in [-0.05, 0) is 5.92 Å². The van der Waals surface area contributed by atoms with Crippen molar-refractivity contribution in [3.63, 3.8) is 0 Å². The minimum absolute atomic E-state index is 0. The smallest absolute Gasteiger partial charge is 0.303 e. The van der Waals surface area contributed by atoms with E-state index in [9.17, 15) is 9.59 Å². The molecule has 4 heteroatoms. The van der Waals surface area contributed by atoms with Gasteiger partial charge in [-0.25, -0.2) is 0 Å². The summed E-state index contributed by atoms with van der Waals surface area (Å²) in [5.41, 5.74) is 0. The molecule has 0 fully saturated rings. The first-order valence-corrected chi connectivity index (χ1v) is 6.87. The quantitative estimate of drug-likeness (QED) is 0.700. The monoisotopic (exact) mass is 278 g/mol. The van der Waals surface area contributed by atoms with E-state index < -0.39 is 11.9 Å². The predicted molar refractivity (Wildman–Crippen MR) is 81.6 cm³/mol. The van der Waals surface area contributed by atoms with Gasteiger partial charge in [0.25, 0.3) is 0 Å². The largest absolute Gasteiger partial charge is 0.481 e. The molecule has 0 heterocycles. The van der Waals surface area contributed by atoms with Crippen LogP contribution in [-0.4, -0.2) is 22.2 Å². The van der Waals surface area contributed by atoms with Crippen molar-refractivity contribution in [2.24, 2.45) is 5.92 Å². The fourth-order valence-corrected chi connectivity index (χ4v) is 1.34. The molecule has 0 saturated carbocycles. The second kappa shape index (κ2) is 22.1. The summed E-state index contributed by atoms with van der Waals surface area (Å²) >= 11 is 0. The summed E-state index contributed by atoms with van der Waals surface area (Å²) < 4.78 is 0. The molecule has 0 aliphatic carbocycles. The van der Waals surface area contributed by atoms with E-state index in [2.05, 4.69) is 20.8 Å². The second-order valence-electron chi connectivity index (χ2n) is 3.97. The Morgan fingerprint density at radius 3 is 1.32 bits per heavy atom. The summed E-state index contributed by atoms with van der Waals surface area (Å²) in [5, 5.41) is 15.8. The van der Waals surface area contributed by atoms with Gasteiger partial charge in [0.15, 0.2) is 0 Å². The van der Waals surface area contributed by atoms with E-state index in [1.165, 1.54) is 25.7 Å². The highest BCUT2D eigenvalue weighted by atomic mass is 16.4. The standard InChI is InChI=1S/C8H18.C4H6O4.C2H6.CH4/c1-4-6-8(3)7-5-2;5-3(6)1-2-4(7)8;1-2;/h8H,4-7H2,1-3H3;1-2H2,(H,5,6)(H,7,8);1-2H3;1H4. The van der Waals surface area contributed by atoms with E-state index in [0.717, 1.165) is 5.92 Å². The Balaban J connectivity index is -0.0000000999. The van der Waals surface area contributed by atoms with Gasteiger partial charge in [-0.15, -0.1) is 0 Å². The maximum absolute atomic E-state index is 9.64. The summed E-state index contributed by atoms with van der Waals surface area (Å²) in [4.78, 5) is 19.3. The fourth-order valence-electron chi connectivity index (χ4n) is 1.34. The van der Waals surface area contributed by atoms with Gasteiger partial charge in [0.1, 0.15) is 0 Å². The molecule has 0 aromatic rings. The van der Waals surface area contributed by atoms with E-state index in [4.69, 9.17) is 10.2 Å². The van der Waals surface area contributed by atoms with Crippen molar-refractivity contribution in [2.45, 2.75) is 80.6 Å². The molecule has 118 valence electrons. The van der Waals surface area contributed by atoms with Crippen LogP contribution in [0.25, 0.3) is 0 Å². The van der Waals surface area contributed by atoms with Crippen LogP contribution in [0.2, 0.25) is 0 Å². The lowest BCUT2D eigenvalue weighted by molar-refractivity contribution is -0.143. The van der Waals surface area contributed by atoms with E-state index in [-0.39, 0.29) is 20.3 Å². The van der Waals surface area contributed by atoms with Crippen LogP contribution in [-0.2, 0) is 9.59 Å². The Hall–Kier alpha value is -1.06. The van der Waals surface area contributed by atoms with Crippen molar-refractivity contribution in [3.05, 3.63) is 0 Å². The van der Waals surface area contributed by atoms with Crippen molar-refractivity contribution < 1.29 is 19.8 Å². The van der Waals surface area contributed by atoms with Gasteiger partial charge in [0.05, 0.1) is 12.8 Å². The van der Waals surface area contributed by atoms with Crippen LogP contribution < -0.4 is 0 Å². The molecule has 0 saturated heterocycles. The molecule has 0 unspecified atom stereocenters. The van der Waals surface area contributed by atoms with Crippen LogP contribution in [0.3, 0.4) is 0 Å². The molecular weight excluding hydrogens is 244 g/mol. The molecule has 0 radical (unpaired) electrons. The van der Waals surface area contributed by atoms with E-state index in [1.807, 2.05) is 13.8 Å². The van der Waals surface area contributed by atoms with E-state index in [0.29, 0.717) is 0 Å². The average molecular weight is 278 g/mol.